The second-order valence-corrected chi connectivity index (χ2v) is 8.85. The van der Waals surface area contributed by atoms with Gasteiger partial charge >= 0.3 is 5.97 Å². The van der Waals surface area contributed by atoms with Crippen molar-refractivity contribution in [2.45, 2.75) is 25.3 Å². The zero-order chi connectivity index (χ0) is 28.3. The van der Waals surface area contributed by atoms with Gasteiger partial charge in [-0.15, -0.1) is 0 Å². The number of benzene rings is 2. The molecule has 14 heteroatoms. The molecule has 9 nitrogen and oxygen atoms in total. The summed E-state index contributed by atoms with van der Waals surface area (Å²) in [5.74, 6) is -12.5. The second-order valence-electron chi connectivity index (χ2n) is 8.85. The number of aliphatic carboxylic acids is 1. The van der Waals surface area contributed by atoms with Gasteiger partial charge in [-0.1, -0.05) is 0 Å². The van der Waals surface area contributed by atoms with Crippen LogP contribution >= 0.6 is 0 Å². The molecule has 1 aromatic heterocycles. The van der Waals surface area contributed by atoms with Crippen molar-refractivity contribution in [1.29, 1.82) is 0 Å². The number of hydrogen-bond acceptors (Lipinski definition) is 7. The minimum atomic E-state index is -1.87. The molecular weight excluding hydrogens is 531 g/mol. The van der Waals surface area contributed by atoms with Crippen LogP contribution in [0.25, 0.3) is 10.9 Å². The molecule has 0 radical (unpaired) electrons. The predicted octanol–water partition coefficient (Wildman–Crippen LogP) is 3.15. The van der Waals surface area contributed by atoms with E-state index >= 15 is 0 Å². The highest BCUT2D eigenvalue weighted by Gasteiger charge is 2.31. The van der Waals surface area contributed by atoms with Gasteiger partial charge in [0.2, 0.25) is 23.5 Å². The highest BCUT2D eigenvalue weighted by atomic mass is 19.2. The van der Waals surface area contributed by atoms with E-state index < -0.39 is 77.5 Å². The Bertz CT molecular complexity index is 1410. The van der Waals surface area contributed by atoms with Crippen LogP contribution in [0.5, 0.6) is 5.75 Å². The lowest BCUT2D eigenvalue weighted by atomic mass is 9.95. The molecule has 1 aliphatic heterocycles. The Balaban J connectivity index is 1.36. The van der Waals surface area contributed by atoms with E-state index in [0.717, 1.165) is 0 Å². The molecule has 1 amide bonds. The molecule has 1 fully saturated rings. The first-order valence-electron chi connectivity index (χ1n) is 11.7. The number of carbonyl (C=O) groups excluding carboxylic acids is 2. The predicted molar refractivity (Wildman–Crippen MR) is 125 cm³/mol. The maximum absolute atomic E-state index is 13.8. The number of carboxylic acid groups (broad SMARTS) is 1. The number of carbonyl (C=O) groups is 3. The summed E-state index contributed by atoms with van der Waals surface area (Å²) in [6.07, 6.45) is 1.24. The van der Waals surface area contributed by atoms with Gasteiger partial charge in [-0.25, -0.2) is 23.1 Å². The molecule has 39 heavy (non-hydrogen) atoms. The first-order valence-corrected chi connectivity index (χ1v) is 11.7. The van der Waals surface area contributed by atoms with Crippen molar-refractivity contribution < 1.29 is 46.2 Å². The first-order chi connectivity index (χ1) is 18.5. The van der Waals surface area contributed by atoms with Crippen molar-refractivity contribution in [3.63, 3.8) is 0 Å². The van der Waals surface area contributed by atoms with Gasteiger partial charge in [-0.05, 0) is 31.0 Å². The first kappa shape index (κ1) is 27.7. The number of amides is 1. The number of nitrogens with zero attached hydrogens (tertiary/aromatic N) is 3. The Hall–Kier alpha value is -4.36. The Morgan fingerprint density at radius 2 is 1.72 bits per heavy atom. The van der Waals surface area contributed by atoms with E-state index in [1.54, 1.807) is 0 Å². The average molecular weight is 552 g/mol. The average Bonchev–Trinajstić information content (AvgIpc) is 2.91. The molecule has 3 aromatic rings. The van der Waals surface area contributed by atoms with Gasteiger partial charge in [-0.2, -0.15) is 8.78 Å². The number of nitrogens with one attached hydrogen (secondary N) is 1. The summed E-state index contributed by atoms with van der Waals surface area (Å²) >= 11 is 0. The van der Waals surface area contributed by atoms with Crippen molar-refractivity contribution in [2.24, 2.45) is 5.92 Å². The van der Waals surface area contributed by atoms with Crippen molar-refractivity contribution in [2.75, 3.05) is 24.6 Å². The van der Waals surface area contributed by atoms with E-state index in [9.17, 15) is 36.3 Å². The topological polar surface area (TPSA) is 122 Å². The van der Waals surface area contributed by atoms with Gasteiger partial charge in [0.05, 0.1) is 11.9 Å². The quantitative estimate of drug-likeness (QED) is 0.307. The molecule has 0 unspecified atom stereocenters. The van der Waals surface area contributed by atoms with Crippen molar-refractivity contribution in [3.05, 3.63) is 59.5 Å². The van der Waals surface area contributed by atoms with Gasteiger partial charge in [0.15, 0.2) is 23.2 Å². The maximum atomic E-state index is 13.8. The molecule has 1 saturated heterocycles. The fourth-order valence-corrected chi connectivity index (χ4v) is 4.12. The van der Waals surface area contributed by atoms with Gasteiger partial charge in [0.25, 0.3) is 0 Å². The molecule has 2 N–H and O–H groups in total. The normalized spacial score (nSPS) is 14.7. The van der Waals surface area contributed by atoms with Crippen molar-refractivity contribution in [1.82, 2.24) is 15.3 Å². The number of hydrogen-bond donors (Lipinski definition) is 2. The number of piperidine rings is 1. The third kappa shape index (κ3) is 6.38. The van der Waals surface area contributed by atoms with Crippen LogP contribution in [0.2, 0.25) is 0 Å². The summed E-state index contributed by atoms with van der Waals surface area (Å²) in [6, 6.07) is 2.44. The summed E-state index contributed by atoms with van der Waals surface area (Å²) < 4.78 is 72.3. The lowest BCUT2D eigenvalue weighted by Crippen LogP contribution is -2.48. The number of ether oxygens (including phenoxy) is 1. The monoisotopic (exact) mass is 552 g/mol. The van der Waals surface area contributed by atoms with Crippen LogP contribution in [0, 0.1) is 35.0 Å². The summed E-state index contributed by atoms with van der Waals surface area (Å²) in [5, 5.41) is 12.0. The van der Waals surface area contributed by atoms with Crippen LogP contribution in [0.3, 0.4) is 0 Å². The van der Waals surface area contributed by atoms with E-state index in [4.69, 9.17) is 5.11 Å². The van der Waals surface area contributed by atoms with E-state index in [0.29, 0.717) is 42.8 Å². The van der Waals surface area contributed by atoms with Crippen molar-refractivity contribution in [3.8, 4) is 5.75 Å². The van der Waals surface area contributed by atoms with E-state index in [-0.39, 0.29) is 6.07 Å². The van der Waals surface area contributed by atoms with Gasteiger partial charge in [0, 0.05) is 36.7 Å². The van der Waals surface area contributed by atoms with Crippen LogP contribution in [0.15, 0.2) is 30.5 Å². The fourth-order valence-electron chi connectivity index (χ4n) is 4.12. The largest absolute Gasteiger partial charge is 0.481 e. The molecule has 0 aliphatic carbocycles. The summed E-state index contributed by atoms with van der Waals surface area (Å²) in [4.78, 5) is 47.1. The number of anilines is 1. The molecule has 2 aromatic carbocycles. The van der Waals surface area contributed by atoms with E-state index in [1.165, 1.54) is 24.4 Å². The zero-order valence-corrected chi connectivity index (χ0v) is 20.1. The van der Waals surface area contributed by atoms with Crippen LogP contribution in [-0.4, -0.2) is 58.5 Å². The summed E-state index contributed by atoms with van der Waals surface area (Å²) in [7, 11) is 0. The molecule has 0 spiro atoms. The molecular formula is C25H21F5N4O5. The van der Waals surface area contributed by atoms with E-state index in [1.807, 2.05) is 4.90 Å². The Labute approximate surface area is 217 Å². The van der Waals surface area contributed by atoms with Gasteiger partial charge in [0.1, 0.15) is 18.5 Å². The molecule has 1 aliphatic rings. The Kier molecular flexibility index (Phi) is 8.21. The number of halogens is 5. The molecule has 0 bridgehead atoms. The summed E-state index contributed by atoms with van der Waals surface area (Å²) in [6.45, 7) is -0.444. The second kappa shape index (κ2) is 11.6. The minimum Gasteiger partial charge on any atom is -0.481 e. The molecule has 1 atom stereocenters. The van der Waals surface area contributed by atoms with E-state index in [2.05, 4.69) is 20.0 Å². The highest BCUT2D eigenvalue weighted by molar-refractivity contribution is 5.93. The Morgan fingerprint density at radius 1 is 1.05 bits per heavy atom. The third-order valence-electron chi connectivity index (χ3n) is 6.19. The number of fused-ring (bicyclic) bond motifs is 1. The molecule has 0 saturated carbocycles. The van der Waals surface area contributed by atoms with Crippen molar-refractivity contribution >= 4 is 34.5 Å². The lowest BCUT2D eigenvalue weighted by molar-refractivity contribution is -0.141. The highest BCUT2D eigenvalue weighted by Crippen LogP contribution is 2.27. The third-order valence-corrected chi connectivity index (χ3v) is 6.19. The standard InChI is InChI=1S/C25H21F5N4O5/c26-14-1-2-17-13(7-14)10-31-25(33-17)34-5-3-12(4-6-34)24(38)32-18(9-20(36)37)19(35)11-39-23-21(29)15(27)8-16(28)22(23)30/h1-2,7-8,10,12,18H,3-6,9,11H2,(H,32,38)(H,36,37)/t18-/m0/s1. The molecule has 4 rings (SSSR count). The molecule has 206 valence electrons. The van der Waals surface area contributed by atoms with Crippen LogP contribution in [0.1, 0.15) is 19.3 Å². The van der Waals surface area contributed by atoms with Crippen LogP contribution < -0.4 is 15.0 Å². The number of Topliss-reactive ketones (excluding diaryl/α,β-unsaturated/α-hetero) is 1. The SMILES string of the molecule is O=C(O)C[C@H](NC(=O)C1CCN(c2ncc3cc(F)ccc3n2)CC1)C(=O)COc1c(F)c(F)cc(F)c1F. The number of rotatable bonds is 9. The Morgan fingerprint density at radius 3 is 2.36 bits per heavy atom. The zero-order valence-electron chi connectivity index (χ0n) is 20.1. The number of carboxylic acids is 1. The minimum absolute atomic E-state index is 0.0364. The van der Waals surface area contributed by atoms with Crippen LogP contribution in [-0.2, 0) is 14.4 Å². The summed E-state index contributed by atoms with van der Waals surface area (Å²) in [5.41, 5.74) is 0.541. The maximum Gasteiger partial charge on any atom is 0.305 e. The smallest absolute Gasteiger partial charge is 0.305 e. The number of aromatic nitrogens is 2. The van der Waals surface area contributed by atoms with Gasteiger partial charge in [-0.3, -0.25) is 14.4 Å². The molecule has 2 heterocycles. The van der Waals surface area contributed by atoms with Gasteiger partial charge < -0.3 is 20.1 Å². The fraction of sp³-hybridized carbons (Fsp3) is 0.320. The van der Waals surface area contributed by atoms with Crippen LogP contribution in [0.4, 0.5) is 27.9 Å². The lowest BCUT2D eigenvalue weighted by Gasteiger charge is -2.32. The number of ketones is 1.